The van der Waals surface area contributed by atoms with Crippen LogP contribution in [0.3, 0.4) is 0 Å². The maximum Gasteiger partial charge on any atom is 0.246 e. The van der Waals surface area contributed by atoms with Crippen LogP contribution in [0.5, 0.6) is 0 Å². The average Bonchev–Trinajstić information content (AvgIpc) is 2.48. The second-order valence-electron chi connectivity index (χ2n) is 5.87. The van der Waals surface area contributed by atoms with Crippen molar-refractivity contribution in [3.63, 3.8) is 0 Å². The number of piperazine rings is 1. The van der Waals surface area contributed by atoms with Crippen molar-refractivity contribution in [3.05, 3.63) is 30.1 Å². The lowest BCUT2D eigenvalue weighted by molar-refractivity contribution is -0.154. The van der Waals surface area contributed by atoms with Crippen LogP contribution in [-0.4, -0.2) is 33.8 Å². The fraction of sp³-hybridized carbons (Fsp3) is 0.562. The minimum absolute atomic E-state index is 0.00727. The van der Waals surface area contributed by atoms with Gasteiger partial charge in [-0.25, -0.2) is 0 Å². The second kappa shape index (κ2) is 6.24. The number of hydrogen-bond donors (Lipinski definition) is 1. The average molecular weight is 289 g/mol. The van der Waals surface area contributed by atoms with Crippen LogP contribution in [0.1, 0.15) is 45.7 Å². The zero-order valence-electron chi connectivity index (χ0n) is 13.0. The van der Waals surface area contributed by atoms with Crippen LogP contribution in [0, 0.1) is 5.92 Å². The number of nitrogens with zero attached hydrogens (tertiary/aromatic N) is 2. The van der Waals surface area contributed by atoms with Crippen molar-refractivity contribution in [1.82, 2.24) is 15.2 Å². The summed E-state index contributed by atoms with van der Waals surface area (Å²) in [7, 11) is 0. The van der Waals surface area contributed by atoms with Crippen molar-refractivity contribution in [3.8, 4) is 0 Å². The fourth-order valence-electron chi connectivity index (χ4n) is 2.88. The van der Waals surface area contributed by atoms with E-state index in [1.165, 1.54) is 0 Å². The minimum atomic E-state index is -0.435. The molecule has 1 fully saturated rings. The fourth-order valence-corrected chi connectivity index (χ4v) is 2.88. The van der Waals surface area contributed by atoms with E-state index in [2.05, 4.69) is 10.3 Å². The summed E-state index contributed by atoms with van der Waals surface area (Å²) in [6, 6.07) is 2.76. The van der Waals surface area contributed by atoms with E-state index in [1.54, 1.807) is 17.3 Å². The highest BCUT2D eigenvalue weighted by Gasteiger charge is 2.43. The Balaban J connectivity index is 2.38. The first-order valence-corrected chi connectivity index (χ1v) is 7.49. The van der Waals surface area contributed by atoms with E-state index in [1.807, 2.05) is 39.8 Å². The quantitative estimate of drug-likeness (QED) is 0.921. The van der Waals surface area contributed by atoms with E-state index < -0.39 is 12.1 Å². The molecule has 0 bridgehead atoms. The molecule has 114 valence electrons. The van der Waals surface area contributed by atoms with Crippen LogP contribution < -0.4 is 5.32 Å². The zero-order valence-corrected chi connectivity index (χ0v) is 13.0. The van der Waals surface area contributed by atoms with Crippen molar-refractivity contribution in [1.29, 1.82) is 0 Å². The maximum atomic E-state index is 12.7. The van der Waals surface area contributed by atoms with Crippen molar-refractivity contribution in [2.45, 2.75) is 52.2 Å². The van der Waals surface area contributed by atoms with Crippen molar-refractivity contribution < 1.29 is 9.59 Å². The van der Waals surface area contributed by atoms with Gasteiger partial charge in [-0.2, -0.15) is 0 Å². The van der Waals surface area contributed by atoms with Gasteiger partial charge in [0.1, 0.15) is 12.1 Å². The predicted octanol–water partition coefficient (Wildman–Crippen LogP) is 1.90. The Labute approximate surface area is 125 Å². The second-order valence-corrected chi connectivity index (χ2v) is 5.87. The number of aromatic nitrogens is 1. The number of nitrogens with one attached hydrogen (secondary N) is 1. The third kappa shape index (κ3) is 2.91. The van der Waals surface area contributed by atoms with Gasteiger partial charge in [0.15, 0.2) is 0 Å². The molecule has 0 saturated carbocycles. The summed E-state index contributed by atoms with van der Waals surface area (Å²) in [6.45, 7) is 7.79. The van der Waals surface area contributed by atoms with Crippen molar-refractivity contribution in [2.24, 2.45) is 5.92 Å². The lowest BCUT2D eigenvalue weighted by atomic mass is 9.93. The van der Waals surface area contributed by atoms with E-state index in [0.717, 1.165) is 5.56 Å². The molecule has 0 aliphatic carbocycles. The van der Waals surface area contributed by atoms with Gasteiger partial charge in [0, 0.05) is 12.4 Å². The normalized spacial score (nSPS) is 24.1. The first kappa shape index (κ1) is 15.5. The van der Waals surface area contributed by atoms with Crippen LogP contribution in [0.2, 0.25) is 0 Å². The summed E-state index contributed by atoms with van der Waals surface area (Å²) < 4.78 is 0. The lowest BCUT2D eigenvalue weighted by Gasteiger charge is -2.44. The Morgan fingerprint density at radius 3 is 2.57 bits per heavy atom. The van der Waals surface area contributed by atoms with Crippen LogP contribution in [-0.2, 0) is 9.59 Å². The number of hydrogen-bond acceptors (Lipinski definition) is 3. The van der Waals surface area contributed by atoms with Gasteiger partial charge in [-0.05, 0) is 30.9 Å². The Hall–Kier alpha value is -1.91. The summed E-state index contributed by atoms with van der Waals surface area (Å²) in [5.74, 6) is -0.00905. The molecule has 5 nitrogen and oxygen atoms in total. The van der Waals surface area contributed by atoms with E-state index in [0.29, 0.717) is 6.42 Å². The van der Waals surface area contributed by atoms with Crippen LogP contribution >= 0.6 is 0 Å². The molecular formula is C16H23N3O2. The molecule has 2 rings (SSSR count). The number of pyridine rings is 1. The van der Waals surface area contributed by atoms with Crippen molar-refractivity contribution >= 4 is 11.8 Å². The molecule has 2 amide bonds. The molecule has 1 aliphatic heterocycles. The first-order chi connectivity index (χ1) is 9.97. The van der Waals surface area contributed by atoms with Crippen LogP contribution in [0.15, 0.2) is 24.5 Å². The minimum Gasteiger partial charge on any atom is -0.343 e. The highest BCUT2D eigenvalue weighted by molar-refractivity contribution is 5.97. The molecule has 5 heteroatoms. The van der Waals surface area contributed by atoms with E-state index in [4.69, 9.17) is 0 Å². The molecule has 2 heterocycles. The van der Waals surface area contributed by atoms with Gasteiger partial charge in [0.25, 0.3) is 0 Å². The Bertz CT molecular complexity index is 516. The molecule has 3 unspecified atom stereocenters. The van der Waals surface area contributed by atoms with Crippen LogP contribution in [0.25, 0.3) is 0 Å². The Morgan fingerprint density at radius 1 is 1.33 bits per heavy atom. The molecule has 0 spiro atoms. The van der Waals surface area contributed by atoms with Crippen LogP contribution in [0.4, 0.5) is 0 Å². The third-order valence-electron chi connectivity index (χ3n) is 4.06. The Kier molecular flexibility index (Phi) is 4.60. The number of carbonyl (C=O) groups is 2. The summed E-state index contributed by atoms with van der Waals surface area (Å²) in [4.78, 5) is 30.9. The lowest BCUT2D eigenvalue weighted by Crippen LogP contribution is -2.64. The molecule has 0 aromatic carbocycles. The molecule has 1 saturated heterocycles. The summed E-state index contributed by atoms with van der Waals surface area (Å²) in [6.07, 6.45) is 4.06. The van der Waals surface area contributed by atoms with Gasteiger partial charge < -0.3 is 10.2 Å². The van der Waals surface area contributed by atoms with Gasteiger partial charge in [0.05, 0.1) is 6.04 Å². The number of amides is 2. The summed E-state index contributed by atoms with van der Waals surface area (Å²) in [5.41, 5.74) is 0.945. The monoisotopic (exact) mass is 289 g/mol. The highest BCUT2D eigenvalue weighted by atomic mass is 16.2. The van der Waals surface area contributed by atoms with Gasteiger partial charge in [-0.3, -0.25) is 14.6 Å². The van der Waals surface area contributed by atoms with Gasteiger partial charge >= 0.3 is 0 Å². The number of carbonyl (C=O) groups excluding carboxylic acids is 2. The molecule has 1 aromatic heterocycles. The summed E-state index contributed by atoms with van der Waals surface area (Å²) in [5, 5.41) is 2.84. The third-order valence-corrected chi connectivity index (χ3v) is 4.06. The van der Waals surface area contributed by atoms with E-state index in [-0.39, 0.29) is 23.8 Å². The maximum absolute atomic E-state index is 12.7. The SMILES string of the molecule is CCC1NC(=O)C(C(C)C)N(C(C)c2cccnc2)C1=O. The molecule has 21 heavy (non-hydrogen) atoms. The smallest absolute Gasteiger partial charge is 0.246 e. The molecule has 1 aliphatic rings. The molecule has 0 radical (unpaired) electrons. The number of rotatable bonds is 4. The highest BCUT2D eigenvalue weighted by Crippen LogP contribution is 2.29. The molecule has 1 N–H and O–H groups in total. The molecule has 3 atom stereocenters. The first-order valence-electron chi connectivity index (χ1n) is 7.49. The van der Waals surface area contributed by atoms with E-state index in [9.17, 15) is 9.59 Å². The van der Waals surface area contributed by atoms with E-state index >= 15 is 0 Å². The van der Waals surface area contributed by atoms with Gasteiger partial charge in [-0.1, -0.05) is 26.8 Å². The van der Waals surface area contributed by atoms with Crippen molar-refractivity contribution in [2.75, 3.05) is 0 Å². The van der Waals surface area contributed by atoms with Gasteiger partial charge in [0.2, 0.25) is 11.8 Å². The standard InChI is InChI=1S/C16H23N3O2/c1-5-13-16(21)19(14(10(2)3)15(20)18-13)11(4)12-7-6-8-17-9-12/h6-11,13-14H,5H2,1-4H3,(H,18,20). The molecular weight excluding hydrogens is 266 g/mol. The Morgan fingerprint density at radius 2 is 2.05 bits per heavy atom. The van der Waals surface area contributed by atoms with Gasteiger partial charge in [-0.15, -0.1) is 0 Å². The summed E-state index contributed by atoms with van der Waals surface area (Å²) >= 11 is 0. The zero-order chi connectivity index (χ0) is 15.6. The topological polar surface area (TPSA) is 62.3 Å². The largest absolute Gasteiger partial charge is 0.343 e. The predicted molar refractivity (Wildman–Crippen MR) is 80.3 cm³/mol. The molecule has 1 aromatic rings.